The number of nitrogens with zero attached hydrogens (tertiary/aromatic N) is 2. The summed E-state index contributed by atoms with van der Waals surface area (Å²) in [5.74, 6) is -0.918. The minimum Gasteiger partial charge on any atom is -0.506 e. The average molecular weight is 263 g/mol. The van der Waals surface area contributed by atoms with E-state index in [0.29, 0.717) is 0 Å². The molecule has 0 bridgehead atoms. The number of carbonyl (C=O) groups excluding carboxylic acids is 2. The molecule has 6 nitrogen and oxygen atoms in total. The summed E-state index contributed by atoms with van der Waals surface area (Å²) >= 11 is 0. The van der Waals surface area contributed by atoms with Crippen molar-refractivity contribution in [3.05, 3.63) is 24.0 Å². The third kappa shape index (κ3) is 3.21. The fourth-order valence-electron chi connectivity index (χ4n) is 2.46. The van der Waals surface area contributed by atoms with Crippen LogP contribution in [0.2, 0.25) is 0 Å². The van der Waals surface area contributed by atoms with Crippen LogP contribution >= 0.6 is 0 Å². The molecule has 1 aliphatic rings. The Morgan fingerprint density at radius 1 is 1.37 bits per heavy atom. The number of amides is 2. The van der Waals surface area contributed by atoms with Gasteiger partial charge in [-0.3, -0.25) is 14.6 Å². The van der Waals surface area contributed by atoms with Gasteiger partial charge in [-0.2, -0.15) is 0 Å². The van der Waals surface area contributed by atoms with E-state index >= 15 is 0 Å². The molecule has 1 aliphatic carbocycles. The summed E-state index contributed by atoms with van der Waals surface area (Å²) in [6, 6.07) is 1.39. The lowest BCUT2D eigenvalue weighted by molar-refractivity contribution is -0.119. The fraction of sp³-hybridized carbons (Fsp3) is 0.462. The van der Waals surface area contributed by atoms with Gasteiger partial charge in [-0.05, 0) is 18.9 Å². The summed E-state index contributed by atoms with van der Waals surface area (Å²) in [6.07, 6.45) is 6.49. The first-order valence-electron chi connectivity index (χ1n) is 6.31. The van der Waals surface area contributed by atoms with E-state index in [9.17, 15) is 14.7 Å². The summed E-state index contributed by atoms with van der Waals surface area (Å²) in [7, 11) is 0. The topological polar surface area (TPSA) is 96.5 Å². The molecule has 19 heavy (non-hydrogen) atoms. The molecule has 0 atom stereocenters. The molecule has 0 aromatic carbocycles. The highest BCUT2D eigenvalue weighted by Gasteiger charge is 2.28. The van der Waals surface area contributed by atoms with Crippen molar-refractivity contribution < 1.29 is 14.7 Å². The minimum atomic E-state index is -0.534. The van der Waals surface area contributed by atoms with Crippen LogP contribution in [0.25, 0.3) is 0 Å². The first kappa shape index (κ1) is 13.3. The second-order valence-electron chi connectivity index (χ2n) is 4.77. The fourth-order valence-corrected chi connectivity index (χ4v) is 2.46. The molecule has 1 aromatic rings. The standard InChI is InChI=1S/C13H17N3O3/c14-12(18)8-16(10-3-1-2-4-10)13(19)9-5-11(17)7-15-6-9/h5-7,10,17H,1-4,8H2,(H2,14,18). The van der Waals surface area contributed by atoms with Gasteiger partial charge in [0.05, 0.1) is 18.3 Å². The van der Waals surface area contributed by atoms with Crippen LogP contribution in [0, 0.1) is 0 Å². The third-order valence-electron chi connectivity index (χ3n) is 3.32. The molecule has 1 aromatic heterocycles. The first-order chi connectivity index (χ1) is 9.08. The Labute approximate surface area is 111 Å². The van der Waals surface area contributed by atoms with Crippen LogP contribution in [0.1, 0.15) is 36.0 Å². The number of aromatic hydroxyl groups is 1. The molecule has 6 heteroatoms. The maximum atomic E-state index is 12.4. The molecule has 0 unspecified atom stereocenters. The summed E-state index contributed by atoms with van der Waals surface area (Å²) in [6.45, 7) is -0.0981. The van der Waals surface area contributed by atoms with Gasteiger partial charge >= 0.3 is 0 Å². The van der Waals surface area contributed by atoms with Crippen molar-refractivity contribution >= 4 is 11.8 Å². The van der Waals surface area contributed by atoms with Crippen molar-refractivity contribution in [3.63, 3.8) is 0 Å². The van der Waals surface area contributed by atoms with Crippen molar-refractivity contribution in [2.45, 2.75) is 31.7 Å². The highest BCUT2D eigenvalue weighted by Crippen LogP contribution is 2.25. The monoisotopic (exact) mass is 263 g/mol. The lowest BCUT2D eigenvalue weighted by Gasteiger charge is -2.27. The molecule has 1 fully saturated rings. The summed E-state index contributed by atoms with van der Waals surface area (Å²) in [5, 5.41) is 9.37. The number of nitrogens with two attached hydrogens (primary N) is 1. The summed E-state index contributed by atoms with van der Waals surface area (Å²) in [5.41, 5.74) is 5.48. The van der Waals surface area contributed by atoms with Crippen molar-refractivity contribution in [1.82, 2.24) is 9.88 Å². The number of carbonyl (C=O) groups is 2. The van der Waals surface area contributed by atoms with E-state index < -0.39 is 5.91 Å². The zero-order valence-electron chi connectivity index (χ0n) is 10.6. The number of hydrogen-bond donors (Lipinski definition) is 2. The molecule has 1 saturated carbocycles. The van der Waals surface area contributed by atoms with Gasteiger partial charge in [0.15, 0.2) is 0 Å². The Kier molecular flexibility index (Phi) is 3.99. The maximum absolute atomic E-state index is 12.4. The summed E-state index contributed by atoms with van der Waals surface area (Å²) in [4.78, 5) is 28.8. The van der Waals surface area contributed by atoms with Gasteiger partial charge in [0, 0.05) is 12.2 Å². The Morgan fingerprint density at radius 3 is 2.63 bits per heavy atom. The summed E-state index contributed by atoms with van der Waals surface area (Å²) < 4.78 is 0. The van der Waals surface area contributed by atoms with Crippen LogP contribution < -0.4 is 5.73 Å². The Morgan fingerprint density at radius 2 is 2.05 bits per heavy atom. The van der Waals surface area contributed by atoms with Crippen LogP contribution in [0.4, 0.5) is 0 Å². The molecule has 3 N–H and O–H groups in total. The van der Waals surface area contributed by atoms with Crippen LogP contribution in [0.15, 0.2) is 18.5 Å². The van der Waals surface area contributed by atoms with Crippen LogP contribution in [-0.2, 0) is 4.79 Å². The quantitative estimate of drug-likeness (QED) is 0.833. The molecule has 102 valence electrons. The first-order valence-corrected chi connectivity index (χ1v) is 6.31. The van der Waals surface area contributed by atoms with Gasteiger partial charge in [0.2, 0.25) is 5.91 Å². The van der Waals surface area contributed by atoms with Crippen molar-refractivity contribution in [3.8, 4) is 5.75 Å². The highest BCUT2D eigenvalue weighted by atomic mass is 16.3. The zero-order valence-corrected chi connectivity index (χ0v) is 10.6. The van der Waals surface area contributed by atoms with Crippen molar-refractivity contribution in [2.24, 2.45) is 5.73 Å². The van der Waals surface area contributed by atoms with E-state index in [1.807, 2.05) is 0 Å². The predicted octanol–water partition coefficient (Wildman–Crippen LogP) is 0.657. The second-order valence-corrected chi connectivity index (χ2v) is 4.77. The van der Waals surface area contributed by atoms with E-state index in [2.05, 4.69) is 4.98 Å². The molecule has 2 rings (SSSR count). The van der Waals surface area contributed by atoms with Crippen molar-refractivity contribution in [2.75, 3.05) is 6.54 Å². The maximum Gasteiger partial charge on any atom is 0.256 e. The van der Waals surface area contributed by atoms with Crippen LogP contribution in [0.3, 0.4) is 0 Å². The van der Waals surface area contributed by atoms with Crippen molar-refractivity contribution in [1.29, 1.82) is 0 Å². The number of aromatic nitrogens is 1. The predicted molar refractivity (Wildman–Crippen MR) is 68.4 cm³/mol. The SMILES string of the molecule is NC(=O)CN(C(=O)c1cncc(O)c1)C1CCCC1. The van der Waals surface area contributed by atoms with E-state index in [0.717, 1.165) is 25.7 Å². The minimum absolute atomic E-state index is 0.0438. The molecular weight excluding hydrogens is 246 g/mol. The van der Waals surface area contributed by atoms with Gasteiger partial charge < -0.3 is 15.7 Å². The normalized spacial score (nSPS) is 15.4. The Hall–Kier alpha value is -2.11. The van der Waals surface area contributed by atoms with E-state index in [4.69, 9.17) is 5.73 Å². The van der Waals surface area contributed by atoms with Gasteiger partial charge in [0.1, 0.15) is 5.75 Å². The van der Waals surface area contributed by atoms with Gasteiger partial charge in [-0.25, -0.2) is 0 Å². The van der Waals surface area contributed by atoms with Gasteiger partial charge in [-0.15, -0.1) is 0 Å². The largest absolute Gasteiger partial charge is 0.506 e. The van der Waals surface area contributed by atoms with Crippen LogP contribution in [-0.4, -0.2) is 39.4 Å². The molecule has 0 spiro atoms. The van der Waals surface area contributed by atoms with E-state index in [1.54, 1.807) is 0 Å². The molecule has 0 saturated heterocycles. The Balaban J connectivity index is 2.21. The smallest absolute Gasteiger partial charge is 0.256 e. The third-order valence-corrected chi connectivity index (χ3v) is 3.32. The average Bonchev–Trinajstić information content (AvgIpc) is 2.88. The number of rotatable bonds is 4. The molecule has 1 heterocycles. The molecular formula is C13H17N3O3. The lowest BCUT2D eigenvalue weighted by Crippen LogP contribution is -2.44. The lowest BCUT2D eigenvalue weighted by atomic mass is 10.1. The second kappa shape index (κ2) is 5.69. The Bertz CT molecular complexity index is 484. The molecule has 2 amide bonds. The van der Waals surface area contributed by atoms with Gasteiger partial charge in [0.25, 0.3) is 5.91 Å². The number of primary amides is 1. The van der Waals surface area contributed by atoms with Gasteiger partial charge in [-0.1, -0.05) is 12.8 Å². The molecule has 0 aliphatic heterocycles. The van der Waals surface area contributed by atoms with Crippen LogP contribution in [0.5, 0.6) is 5.75 Å². The highest BCUT2D eigenvalue weighted by molar-refractivity contribution is 5.96. The van der Waals surface area contributed by atoms with E-state index in [1.165, 1.54) is 23.4 Å². The van der Waals surface area contributed by atoms with E-state index in [-0.39, 0.29) is 29.8 Å². The molecule has 0 radical (unpaired) electrons. The number of hydrogen-bond acceptors (Lipinski definition) is 4. The zero-order chi connectivity index (χ0) is 13.8. The number of pyridine rings is 1.